The van der Waals surface area contributed by atoms with Gasteiger partial charge in [-0.05, 0) is 18.9 Å². The van der Waals surface area contributed by atoms with Crippen molar-refractivity contribution in [1.29, 1.82) is 0 Å². The van der Waals surface area contributed by atoms with Gasteiger partial charge in [0.15, 0.2) is 0 Å². The molecule has 1 aromatic heterocycles. The first kappa shape index (κ1) is 11.0. The molecule has 14 heavy (non-hydrogen) atoms. The highest BCUT2D eigenvalue weighted by Gasteiger charge is 2.08. The van der Waals surface area contributed by atoms with Gasteiger partial charge in [-0.25, -0.2) is 4.98 Å². The second-order valence-electron chi connectivity index (χ2n) is 3.49. The molecule has 0 amide bonds. The van der Waals surface area contributed by atoms with Gasteiger partial charge in [-0.15, -0.1) is 0 Å². The quantitative estimate of drug-likeness (QED) is 0.690. The molecular formula is C12H19NO. The molecule has 1 rings (SSSR count). The Morgan fingerprint density at radius 2 is 1.93 bits per heavy atom. The maximum atomic E-state index is 5.78. The standard InChI is InChI=1S/C12H19NO/c1-3-7-11(8-4-2)14-12-9-5-6-10-13-12/h5-6,9-11H,3-4,7-8H2,1-2H3. The number of ether oxygens (including phenoxy) is 1. The van der Waals surface area contributed by atoms with Gasteiger partial charge in [0.1, 0.15) is 6.10 Å². The van der Waals surface area contributed by atoms with Gasteiger partial charge in [0.05, 0.1) is 0 Å². The Morgan fingerprint density at radius 3 is 2.43 bits per heavy atom. The molecular weight excluding hydrogens is 174 g/mol. The van der Waals surface area contributed by atoms with E-state index in [0.29, 0.717) is 6.10 Å². The van der Waals surface area contributed by atoms with Crippen LogP contribution >= 0.6 is 0 Å². The Balaban J connectivity index is 2.46. The highest BCUT2D eigenvalue weighted by molar-refractivity contribution is 5.09. The lowest BCUT2D eigenvalue weighted by atomic mass is 10.1. The van der Waals surface area contributed by atoms with Crippen molar-refractivity contribution < 1.29 is 4.74 Å². The first-order valence-corrected chi connectivity index (χ1v) is 5.44. The summed E-state index contributed by atoms with van der Waals surface area (Å²) in [5.41, 5.74) is 0. The van der Waals surface area contributed by atoms with Crippen LogP contribution in [0.15, 0.2) is 24.4 Å². The van der Waals surface area contributed by atoms with Crippen LogP contribution in [-0.2, 0) is 0 Å². The largest absolute Gasteiger partial charge is 0.474 e. The minimum Gasteiger partial charge on any atom is -0.474 e. The fourth-order valence-electron chi connectivity index (χ4n) is 1.49. The zero-order chi connectivity index (χ0) is 10.2. The van der Waals surface area contributed by atoms with Gasteiger partial charge >= 0.3 is 0 Å². The summed E-state index contributed by atoms with van der Waals surface area (Å²) >= 11 is 0. The van der Waals surface area contributed by atoms with E-state index in [0.717, 1.165) is 31.6 Å². The van der Waals surface area contributed by atoms with Crippen LogP contribution in [0.25, 0.3) is 0 Å². The van der Waals surface area contributed by atoms with Crippen LogP contribution in [0.4, 0.5) is 0 Å². The Hall–Kier alpha value is -1.05. The van der Waals surface area contributed by atoms with Crippen molar-refractivity contribution >= 4 is 0 Å². The van der Waals surface area contributed by atoms with Crippen molar-refractivity contribution in [2.45, 2.75) is 45.6 Å². The Bertz CT molecular complexity index is 229. The van der Waals surface area contributed by atoms with Gasteiger partial charge in [-0.2, -0.15) is 0 Å². The fourth-order valence-corrected chi connectivity index (χ4v) is 1.49. The Kier molecular flexibility index (Phi) is 5.05. The van der Waals surface area contributed by atoms with E-state index in [9.17, 15) is 0 Å². The van der Waals surface area contributed by atoms with E-state index in [-0.39, 0.29) is 0 Å². The molecule has 0 fully saturated rings. The van der Waals surface area contributed by atoms with Crippen molar-refractivity contribution in [2.24, 2.45) is 0 Å². The number of hydrogen-bond donors (Lipinski definition) is 0. The lowest BCUT2D eigenvalue weighted by Gasteiger charge is -2.16. The van der Waals surface area contributed by atoms with Crippen LogP contribution in [0.2, 0.25) is 0 Å². The molecule has 2 nitrogen and oxygen atoms in total. The van der Waals surface area contributed by atoms with Gasteiger partial charge in [0, 0.05) is 12.3 Å². The molecule has 1 heterocycles. The first-order valence-electron chi connectivity index (χ1n) is 5.44. The van der Waals surface area contributed by atoms with Crippen LogP contribution < -0.4 is 4.74 Å². The van der Waals surface area contributed by atoms with Crippen molar-refractivity contribution in [3.8, 4) is 5.88 Å². The second-order valence-corrected chi connectivity index (χ2v) is 3.49. The van der Waals surface area contributed by atoms with Gasteiger partial charge in [-0.1, -0.05) is 32.8 Å². The van der Waals surface area contributed by atoms with E-state index >= 15 is 0 Å². The van der Waals surface area contributed by atoms with Crippen molar-refractivity contribution in [2.75, 3.05) is 0 Å². The summed E-state index contributed by atoms with van der Waals surface area (Å²) in [6.07, 6.45) is 6.66. The van der Waals surface area contributed by atoms with Gasteiger partial charge in [0.2, 0.25) is 5.88 Å². The summed E-state index contributed by atoms with van der Waals surface area (Å²) in [6, 6.07) is 5.77. The maximum absolute atomic E-state index is 5.78. The van der Waals surface area contributed by atoms with Crippen LogP contribution in [0.5, 0.6) is 5.88 Å². The zero-order valence-electron chi connectivity index (χ0n) is 9.07. The van der Waals surface area contributed by atoms with Crippen LogP contribution in [-0.4, -0.2) is 11.1 Å². The zero-order valence-corrected chi connectivity index (χ0v) is 9.07. The Labute approximate surface area is 86.3 Å². The predicted octanol–water partition coefficient (Wildman–Crippen LogP) is 3.43. The molecule has 0 aromatic carbocycles. The summed E-state index contributed by atoms with van der Waals surface area (Å²) in [5, 5.41) is 0. The molecule has 1 aromatic rings. The minimum absolute atomic E-state index is 0.333. The second kappa shape index (κ2) is 6.41. The molecule has 0 unspecified atom stereocenters. The summed E-state index contributed by atoms with van der Waals surface area (Å²) in [5.74, 6) is 0.749. The third kappa shape index (κ3) is 3.77. The molecule has 0 aliphatic carbocycles. The molecule has 0 spiro atoms. The number of pyridine rings is 1. The first-order chi connectivity index (χ1) is 6.86. The molecule has 0 aliphatic rings. The fraction of sp³-hybridized carbons (Fsp3) is 0.583. The van der Waals surface area contributed by atoms with E-state index in [4.69, 9.17) is 4.74 Å². The molecule has 2 heteroatoms. The SMILES string of the molecule is CCCC(CCC)Oc1ccccn1. The van der Waals surface area contributed by atoms with E-state index in [1.807, 2.05) is 18.2 Å². The maximum Gasteiger partial charge on any atom is 0.213 e. The third-order valence-corrected chi connectivity index (χ3v) is 2.15. The number of hydrogen-bond acceptors (Lipinski definition) is 2. The molecule has 0 radical (unpaired) electrons. The average Bonchev–Trinajstić information content (AvgIpc) is 2.20. The van der Waals surface area contributed by atoms with Gasteiger partial charge < -0.3 is 4.74 Å². The van der Waals surface area contributed by atoms with E-state index in [1.165, 1.54) is 0 Å². The third-order valence-electron chi connectivity index (χ3n) is 2.15. The molecule has 0 atom stereocenters. The molecule has 0 aliphatic heterocycles. The van der Waals surface area contributed by atoms with Crippen LogP contribution in [0.1, 0.15) is 39.5 Å². The lowest BCUT2D eigenvalue weighted by Crippen LogP contribution is -2.16. The minimum atomic E-state index is 0.333. The van der Waals surface area contributed by atoms with Gasteiger partial charge in [-0.3, -0.25) is 0 Å². The van der Waals surface area contributed by atoms with E-state index in [1.54, 1.807) is 6.20 Å². The monoisotopic (exact) mass is 193 g/mol. The predicted molar refractivity (Wildman–Crippen MR) is 58.5 cm³/mol. The summed E-state index contributed by atoms with van der Waals surface area (Å²) in [7, 11) is 0. The van der Waals surface area contributed by atoms with E-state index in [2.05, 4.69) is 18.8 Å². The van der Waals surface area contributed by atoms with E-state index < -0.39 is 0 Å². The lowest BCUT2D eigenvalue weighted by molar-refractivity contribution is 0.171. The number of rotatable bonds is 6. The smallest absolute Gasteiger partial charge is 0.213 e. The van der Waals surface area contributed by atoms with Crippen molar-refractivity contribution in [3.05, 3.63) is 24.4 Å². The van der Waals surface area contributed by atoms with Crippen molar-refractivity contribution in [3.63, 3.8) is 0 Å². The average molecular weight is 193 g/mol. The Morgan fingerprint density at radius 1 is 1.21 bits per heavy atom. The van der Waals surface area contributed by atoms with Gasteiger partial charge in [0.25, 0.3) is 0 Å². The normalized spacial score (nSPS) is 10.5. The molecule has 0 N–H and O–H groups in total. The molecule has 0 saturated carbocycles. The highest BCUT2D eigenvalue weighted by Crippen LogP contribution is 2.13. The topological polar surface area (TPSA) is 22.1 Å². The van der Waals surface area contributed by atoms with Crippen molar-refractivity contribution in [1.82, 2.24) is 4.98 Å². The highest BCUT2D eigenvalue weighted by atomic mass is 16.5. The molecule has 78 valence electrons. The summed E-state index contributed by atoms with van der Waals surface area (Å²) < 4.78 is 5.78. The number of aromatic nitrogens is 1. The summed E-state index contributed by atoms with van der Waals surface area (Å²) in [4.78, 5) is 4.16. The molecule has 0 saturated heterocycles. The number of nitrogens with zero attached hydrogens (tertiary/aromatic N) is 1. The van der Waals surface area contributed by atoms with Crippen LogP contribution in [0.3, 0.4) is 0 Å². The molecule has 0 bridgehead atoms. The summed E-state index contributed by atoms with van der Waals surface area (Å²) in [6.45, 7) is 4.37. The van der Waals surface area contributed by atoms with Crippen LogP contribution in [0, 0.1) is 0 Å².